The summed E-state index contributed by atoms with van der Waals surface area (Å²) in [7, 11) is 1.70. The number of nitro benzene ring substituents is 1. The van der Waals surface area contributed by atoms with E-state index in [2.05, 4.69) is 0 Å². The fraction of sp³-hybridized carbons (Fsp3) is 0.562. The summed E-state index contributed by atoms with van der Waals surface area (Å²) < 4.78 is 0. The van der Waals surface area contributed by atoms with Crippen LogP contribution in [0, 0.1) is 16.0 Å². The lowest BCUT2D eigenvalue weighted by atomic mass is 9.92. The Morgan fingerprint density at radius 3 is 2.87 bits per heavy atom. The number of likely N-dealkylation sites (N-methyl/N-ethyl adjacent to an activating group) is 1. The number of piperidine rings is 1. The fourth-order valence-electron chi connectivity index (χ4n) is 3.00. The molecule has 2 unspecified atom stereocenters. The van der Waals surface area contributed by atoms with E-state index in [1.165, 1.54) is 6.07 Å². The van der Waals surface area contributed by atoms with Gasteiger partial charge in [0.05, 0.1) is 11.5 Å². The number of anilines is 1. The zero-order valence-corrected chi connectivity index (χ0v) is 13.6. The first kappa shape index (κ1) is 17.2. The molecule has 126 valence electrons. The molecule has 1 fully saturated rings. The monoisotopic (exact) mass is 320 g/mol. The van der Waals surface area contributed by atoms with Crippen LogP contribution in [0.2, 0.25) is 0 Å². The van der Waals surface area contributed by atoms with Crippen molar-refractivity contribution >= 4 is 17.3 Å². The predicted octanol–water partition coefficient (Wildman–Crippen LogP) is 1.62. The third-order valence-corrected chi connectivity index (χ3v) is 4.42. The smallest absolute Gasteiger partial charge is 0.292 e. The normalized spacial score (nSPS) is 19.3. The van der Waals surface area contributed by atoms with Crippen LogP contribution < -0.4 is 10.6 Å². The van der Waals surface area contributed by atoms with E-state index in [4.69, 9.17) is 5.73 Å². The van der Waals surface area contributed by atoms with Gasteiger partial charge in [0.2, 0.25) is 5.91 Å². The summed E-state index contributed by atoms with van der Waals surface area (Å²) in [5.41, 5.74) is 6.41. The minimum atomic E-state index is -0.427. The predicted molar refractivity (Wildman–Crippen MR) is 89.3 cm³/mol. The molecule has 23 heavy (non-hydrogen) atoms. The SMILES string of the molecule is CC(N)C1CCCN(C(=O)CN(C)c2ccccc2[N+](=O)[O-])C1. The molecule has 1 heterocycles. The molecule has 0 aliphatic carbocycles. The number of amides is 1. The molecule has 2 N–H and O–H groups in total. The summed E-state index contributed by atoms with van der Waals surface area (Å²) in [6.07, 6.45) is 1.99. The topological polar surface area (TPSA) is 92.7 Å². The van der Waals surface area contributed by atoms with Gasteiger partial charge < -0.3 is 15.5 Å². The summed E-state index contributed by atoms with van der Waals surface area (Å²) in [6.45, 7) is 3.49. The van der Waals surface area contributed by atoms with E-state index in [1.54, 1.807) is 30.1 Å². The van der Waals surface area contributed by atoms with Gasteiger partial charge in [-0.1, -0.05) is 12.1 Å². The maximum Gasteiger partial charge on any atom is 0.292 e. The molecule has 2 atom stereocenters. The summed E-state index contributed by atoms with van der Waals surface area (Å²) in [5, 5.41) is 11.1. The molecule has 1 aliphatic heterocycles. The van der Waals surface area contributed by atoms with Crippen molar-refractivity contribution in [3.05, 3.63) is 34.4 Å². The van der Waals surface area contributed by atoms with Gasteiger partial charge in [-0.25, -0.2) is 0 Å². The molecule has 2 rings (SSSR count). The number of rotatable bonds is 5. The second-order valence-electron chi connectivity index (χ2n) is 6.20. The highest BCUT2D eigenvalue weighted by molar-refractivity contribution is 5.82. The van der Waals surface area contributed by atoms with E-state index < -0.39 is 4.92 Å². The van der Waals surface area contributed by atoms with Crippen LogP contribution >= 0.6 is 0 Å². The van der Waals surface area contributed by atoms with Gasteiger partial charge in [0.1, 0.15) is 5.69 Å². The Morgan fingerprint density at radius 1 is 1.52 bits per heavy atom. The Bertz CT molecular complexity index is 576. The average Bonchev–Trinajstić information content (AvgIpc) is 2.54. The highest BCUT2D eigenvalue weighted by atomic mass is 16.6. The zero-order chi connectivity index (χ0) is 17.0. The van der Waals surface area contributed by atoms with Gasteiger partial charge in [-0.15, -0.1) is 0 Å². The third kappa shape index (κ3) is 4.19. The quantitative estimate of drug-likeness (QED) is 0.657. The van der Waals surface area contributed by atoms with Crippen molar-refractivity contribution in [2.45, 2.75) is 25.8 Å². The standard InChI is InChI=1S/C16H24N4O3/c1-12(17)13-6-5-9-19(10-13)16(21)11-18(2)14-7-3-4-8-15(14)20(22)23/h3-4,7-8,12-13H,5-6,9-11,17H2,1-2H3. The molecule has 0 aromatic heterocycles. The van der Waals surface area contributed by atoms with Crippen LogP contribution in [0.3, 0.4) is 0 Å². The van der Waals surface area contributed by atoms with Crippen molar-refractivity contribution in [1.29, 1.82) is 0 Å². The summed E-state index contributed by atoms with van der Waals surface area (Å²) in [6, 6.07) is 6.53. The van der Waals surface area contributed by atoms with Gasteiger partial charge in [-0.3, -0.25) is 14.9 Å². The number of hydrogen-bond acceptors (Lipinski definition) is 5. The van der Waals surface area contributed by atoms with Gasteiger partial charge in [-0.05, 0) is 31.7 Å². The number of para-hydroxylation sites is 2. The van der Waals surface area contributed by atoms with E-state index >= 15 is 0 Å². The lowest BCUT2D eigenvalue weighted by Gasteiger charge is -2.35. The van der Waals surface area contributed by atoms with Gasteiger partial charge in [-0.2, -0.15) is 0 Å². The van der Waals surface area contributed by atoms with Crippen LogP contribution in [0.5, 0.6) is 0 Å². The largest absolute Gasteiger partial charge is 0.360 e. The van der Waals surface area contributed by atoms with Crippen LogP contribution in [0.4, 0.5) is 11.4 Å². The van der Waals surface area contributed by atoms with Gasteiger partial charge >= 0.3 is 0 Å². The van der Waals surface area contributed by atoms with E-state index in [0.29, 0.717) is 18.2 Å². The van der Waals surface area contributed by atoms with Crippen molar-refractivity contribution in [2.24, 2.45) is 11.7 Å². The summed E-state index contributed by atoms with van der Waals surface area (Å²) in [4.78, 5) is 26.6. The van der Waals surface area contributed by atoms with E-state index in [1.807, 2.05) is 11.8 Å². The lowest BCUT2D eigenvalue weighted by molar-refractivity contribution is -0.384. The Labute approximate surface area is 136 Å². The first-order chi connectivity index (χ1) is 10.9. The number of hydrogen-bond donors (Lipinski definition) is 1. The molecule has 1 aromatic carbocycles. The number of nitrogens with two attached hydrogens (primary N) is 1. The number of nitro groups is 1. The molecule has 7 nitrogen and oxygen atoms in total. The second kappa shape index (κ2) is 7.41. The van der Waals surface area contributed by atoms with E-state index in [0.717, 1.165) is 19.4 Å². The van der Waals surface area contributed by atoms with Crippen LogP contribution in [-0.4, -0.2) is 48.5 Å². The molecule has 1 aliphatic rings. The Morgan fingerprint density at radius 2 is 2.22 bits per heavy atom. The maximum absolute atomic E-state index is 12.5. The van der Waals surface area contributed by atoms with Gasteiger partial charge in [0, 0.05) is 32.2 Å². The molecule has 1 amide bonds. The van der Waals surface area contributed by atoms with Crippen molar-refractivity contribution in [3.63, 3.8) is 0 Å². The fourth-order valence-corrected chi connectivity index (χ4v) is 3.00. The molecule has 0 saturated carbocycles. The highest BCUT2D eigenvalue weighted by Crippen LogP contribution is 2.27. The number of carbonyl (C=O) groups is 1. The maximum atomic E-state index is 12.5. The Balaban J connectivity index is 2.04. The van der Waals surface area contributed by atoms with Crippen LogP contribution in [0.15, 0.2) is 24.3 Å². The number of nitrogens with zero attached hydrogens (tertiary/aromatic N) is 3. The minimum Gasteiger partial charge on any atom is -0.360 e. The lowest BCUT2D eigenvalue weighted by Crippen LogP contribution is -2.47. The molecule has 0 radical (unpaired) electrons. The number of likely N-dealkylation sites (tertiary alicyclic amines) is 1. The van der Waals surface area contributed by atoms with Crippen LogP contribution in [0.1, 0.15) is 19.8 Å². The molecule has 0 bridgehead atoms. The summed E-state index contributed by atoms with van der Waals surface area (Å²) in [5.74, 6) is 0.306. The Hall–Kier alpha value is -2.15. The van der Waals surface area contributed by atoms with Crippen LogP contribution in [-0.2, 0) is 4.79 Å². The van der Waals surface area contributed by atoms with Crippen molar-refractivity contribution in [3.8, 4) is 0 Å². The molecule has 1 saturated heterocycles. The summed E-state index contributed by atoms with van der Waals surface area (Å²) >= 11 is 0. The molecular formula is C16H24N4O3. The first-order valence-electron chi connectivity index (χ1n) is 7.88. The third-order valence-electron chi connectivity index (χ3n) is 4.42. The average molecular weight is 320 g/mol. The number of benzene rings is 1. The molecular weight excluding hydrogens is 296 g/mol. The minimum absolute atomic E-state index is 0.00917. The Kier molecular flexibility index (Phi) is 5.54. The van der Waals surface area contributed by atoms with Crippen molar-refractivity contribution in [1.82, 2.24) is 4.90 Å². The van der Waals surface area contributed by atoms with Crippen molar-refractivity contribution < 1.29 is 9.72 Å². The highest BCUT2D eigenvalue weighted by Gasteiger charge is 2.27. The second-order valence-corrected chi connectivity index (χ2v) is 6.20. The molecule has 7 heteroatoms. The van der Waals surface area contributed by atoms with Gasteiger partial charge in [0.25, 0.3) is 5.69 Å². The molecule has 1 aromatic rings. The van der Waals surface area contributed by atoms with Crippen molar-refractivity contribution in [2.75, 3.05) is 31.6 Å². The van der Waals surface area contributed by atoms with E-state index in [-0.39, 0.29) is 24.2 Å². The van der Waals surface area contributed by atoms with Crippen LogP contribution in [0.25, 0.3) is 0 Å². The zero-order valence-electron chi connectivity index (χ0n) is 13.6. The molecule has 0 spiro atoms. The van der Waals surface area contributed by atoms with E-state index in [9.17, 15) is 14.9 Å². The number of carbonyl (C=O) groups excluding carboxylic acids is 1. The van der Waals surface area contributed by atoms with Gasteiger partial charge in [0.15, 0.2) is 0 Å². The first-order valence-corrected chi connectivity index (χ1v) is 7.88.